The highest BCUT2D eigenvalue weighted by Crippen LogP contribution is 2.15. The van der Waals surface area contributed by atoms with Gasteiger partial charge in [0.05, 0.1) is 22.2 Å². The first kappa shape index (κ1) is 15.3. The van der Waals surface area contributed by atoms with Gasteiger partial charge in [-0.3, -0.25) is 14.9 Å². The molecule has 120 valence electrons. The molecule has 9 nitrogen and oxygen atoms in total. The maximum atomic E-state index is 11.9. The molecule has 0 aliphatic heterocycles. The van der Waals surface area contributed by atoms with Crippen LogP contribution >= 0.6 is 0 Å². The van der Waals surface area contributed by atoms with Gasteiger partial charge in [0, 0.05) is 6.07 Å². The Hall–Kier alpha value is -3.62. The van der Waals surface area contributed by atoms with Gasteiger partial charge < -0.3 is 0 Å². The summed E-state index contributed by atoms with van der Waals surface area (Å²) >= 11 is 0. The Balaban J connectivity index is 1.67. The largest absolute Gasteiger partial charge is 0.278 e. The van der Waals surface area contributed by atoms with Gasteiger partial charge in [0.15, 0.2) is 0 Å². The Bertz CT molecular complexity index is 934. The molecule has 0 saturated heterocycles. The first-order chi connectivity index (χ1) is 11.6. The van der Waals surface area contributed by atoms with E-state index in [0.717, 1.165) is 5.52 Å². The summed E-state index contributed by atoms with van der Waals surface area (Å²) in [6.07, 6.45) is 1.23. The van der Waals surface area contributed by atoms with Gasteiger partial charge in [-0.15, -0.1) is 5.10 Å². The zero-order valence-electron chi connectivity index (χ0n) is 12.4. The van der Waals surface area contributed by atoms with E-state index in [1.54, 1.807) is 30.3 Å². The maximum absolute atomic E-state index is 11.9. The van der Waals surface area contributed by atoms with Gasteiger partial charge in [0.1, 0.15) is 12.1 Å². The monoisotopic (exact) mass is 324 g/mol. The third-order valence-corrected chi connectivity index (χ3v) is 3.24. The average Bonchev–Trinajstić information content (AvgIpc) is 2.98. The molecule has 2 aromatic carbocycles. The Morgan fingerprint density at radius 2 is 2.00 bits per heavy atom. The summed E-state index contributed by atoms with van der Waals surface area (Å²) < 4.78 is 1.45. The number of carbonyl (C=O) groups excluding carboxylic acids is 1. The molecule has 24 heavy (non-hydrogen) atoms. The number of hydrogen-bond donors (Lipinski definition) is 1. The second-order valence-corrected chi connectivity index (χ2v) is 4.84. The first-order valence-corrected chi connectivity index (χ1v) is 6.99. The van der Waals surface area contributed by atoms with E-state index in [1.807, 2.05) is 12.1 Å². The Morgan fingerprint density at radius 3 is 2.83 bits per heavy atom. The van der Waals surface area contributed by atoms with Crippen LogP contribution in [-0.4, -0.2) is 32.0 Å². The minimum Gasteiger partial charge on any atom is -0.271 e. The number of para-hydroxylation sites is 2. The highest BCUT2D eigenvalue weighted by atomic mass is 16.6. The fourth-order valence-corrected chi connectivity index (χ4v) is 2.14. The normalized spacial score (nSPS) is 11.0. The van der Waals surface area contributed by atoms with E-state index in [-0.39, 0.29) is 12.2 Å². The number of amides is 1. The molecular formula is C15H12N6O3. The van der Waals surface area contributed by atoms with Gasteiger partial charge in [-0.2, -0.15) is 5.10 Å². The van der Waals surface area contributed by atoms with E-state index in [4.69, 9.17) is 0 Å². The highest BCUT2D eigenvalue weighted by Gasteiger charge is 2.11. The Morgan fingerprint density at radius 1 is 1.25 bits per heavy atom. The first-order valence-electron chi connectivity index (χ1n) is 6.99. The van der Waals surface area contributed by atoms with Gasteiger partial charge in [-0.25, -0.2) is 10.1 Å². The second kappa shape index (κ2) is 6.65. The van der Waals surface area contributed by atoms with Crippen molar-refractivity contribution in [3.05, 3.63) is 64.2 Å². The van der Waals surface area contributed by atoms with Crippen LogP contribution in [0.5, 0.6) is 0 Å². The molecule has 0 radical (unpaired) electrons. The van der Waals surface area contributed by atoms with Crippen LogP contribution in [0.3, 0.4) is 0 Å². The van der Waals surface area contributed by atoms with E-state index in [1.165, 1.54) is 17.0 Å². The lowest BCUT2D eigenvalue weighted by molar-refractivity contribution is -0.385. The van der Waals surface area contributed by atoms with Crippen LogP contribution < -0.4 is 5.43 Å². The van der Waals surface area contributed by atoms with Crippen molar-refractivity contribution < 1.29 is 9.72 Å². The number of hydrogen-bond acceptors (Lipinski definition) is 6. The third-order valence-electron chi connectivity index (χ3n) is 3.24. The predicted molar refractivity (Wildman–Crippen MR) is 86.4 cm³/mol. The van der Waals surface area contributed by atoms with E-state index in [9.17, 15) is 14.9 Å². The number of benzene rings is 2. The molecule has 1 aromatic heterocycles. The topological polar surface area (TPSA) is 115 Å². The molecule has 1 heterocycles. The summed E-state index contributed by atoms with van der Waals surface area (Å²) in [5, 5.41) is 22.5. The summed E-state index contributed by atoms with van der Waals surface area (Å²) in [5.41, 5.74) is 3.95. The molecule has 0 bridgehead atoms. The molecule has 3 rings (SSSR count). The lowest BCUT2D eigenvalue weighted by Crippen LogP contribution is -2.23. The molecular weight excluding hydrogens is 312 g/mol. The van der Waals surface area contributed by atoms with Crippen LogP contribution in [0.4, 0.5) is 5.69 Å². The summed E-state index contributed by atoms with van der Waals surface area (Å²) in [7, 11) is 0. The third kappa shape index (κ3) is 3.24. The van der Waals surface area contributed by atoms with E-state index >= 15 is 0 Å². The van der Waals surface area contributed by atoms with Crippen LogP contribution in [0.15, 0.2) is 53.6 Å². The van der Waals surface area contributed by atoms with Gasteiger partial charge in [0.25, 0.3) is 11.6 Å². The lowest BCUT2D eigenvalue weighted by Gasteiger charge is -2.01. The lowest BCUT2D eigenvalue weighted by atomic mass is 10.2. The number of aromatic nitrogens is 3. The number of hydrazone groups is 1. The number of nitrogens with zero attached hydrogens (tertiary/aromatic N) is 5. The number of nitrogens with one attached hydrogen (secondary N) is 1. The highest BCUT2D eigenvalue weighted by molar-refractivity contribution is 5.86. The van der Waals surface area contributed by atoms with Crippen molar-refractivity contribution in [2.75, 3.05) is 0 Å². The number of nitro benzene ring substituents is 1. The smallest absolute Gasteiger partial charge is 0.271 e. The average molecular weight is 324 g/mol. The van der Waals surface area contributed by atoms with Crippen LogP contribution in [0.1, 0.15) is 5.56 Å². The number of carbonyl (C=O) groups is 1. The molecule has 0 aliphatic rings. The van der Waals surface area contributed by atoms with E-state index in [0.29, 0.717) is 11.1 Å². The molecule has 3 aromatic rings. The zero-order chi connectivity index (χ0) is 16.9. The van der Waals surface area contributed by atoms with Crippen molar-refractivity contribution in [3.8, 4) is 0 Å². The molecule has 1 N–H and O–H groups in total. The number of rotatable bonds is 5. The summed E-state index contributed by atoms with van der Waals surface area (Å²) in [6.45, 7) is -0.0608. The zero-order valence-corrected chi connectivity index (χ0v) is 12.4. The minimum atomic E-state index is -0.509. The fraction of sp³-hybridized carbons (Fsp3) is 0.0667. The quantitative estimate of drug-likeness (QED) is 0.434. The molecule has 0 atom stereocenters. The van der Waals surface area contributed by atoms with Crippen LogP contribution in [0.25, 0.3) is 11.0 Å². The van der Waals surface area contributed by atoms with Gasteiger partial charge in [0.2, 0.25) is 0 Å². The molecule has 0 unspecified atom stereocenters. The molecule has 0 aliphatic carbocycles. The summed E-state index contributed by atoms with van der Waals surface area (Å²) in [6, 6.07) is 13.4. The maximum Gasteiger partial charge on any atom is 0.278 e. The van der Waals surface area contributed by atoms with E-state index < -0.39 is 10.8 Å². The van der Waals surface area contributed by atoms with Crippen LogP contribution in [-0.2, 0) is 11.3 Å². The van der Waals surface area contributed by atoms with Crippen molar-refractivity contribution >= 4 is 28.8 Å². The van der Waals surface area contributed by atoms with Gasteiger partial charge in [-0.1, -0.05) is 29.5 Å². The summed E-state index contributed by atoms with van der Waals surface area (Å²) in [5.74, 6) is -0.416. The fourth-order valence-electron chi connectivity index (χ4n) is 2.14. The number of nitro groups is 1. The second-order valence-electron chi connectivity index (χ2n) is 4.84. The van der Waals surface area contributed by atoms with Crippen molar-refractivity contribution in [2.45, 2.75) is 6.54 Å². The Kier molecular flexibility index (Phi) is 4.23. The predicted octanol–water partition coefficient (Wildman–Crippen LogP) is 1.49. The van der Waals surface area contributed by atoms with Crippen molar-refractivity contribution in [1.82, 2.24) is 20.4 Å². The molecule has 0 spiro atoms. The SMILES string of the molecule is O=C(Cn1nnc2ccccc21)N/N=C/c1ccccc1[N+](=O)[O-]. The standard InChI is InChI=1S/C15H12N6O3/c22-15(10-20-14-8-4-2-6-12(14)17-19-20)18-16-9-11-5-1-3-7-13(11)21(23)24/h1-9H,10H2,(H,18,22)/b16-9+. The molecule has 0 saturated carbocycles. The molecule has 9 heteroatoms. The summed E-state index contributed by atoms with van der Waals surface area (Å²) in [4.78, 5) is 22.3. The molecule has 1 amide bonds. The van der Waals surface area contributed by atoms with Gasteiger partial charge >= 0.3 is 0 Å². The van der Waals surface area contributed by atoms with Crippen molar-refractivity contribution in [1.29, 1.82) is 0 Å². The molecule has 0 fully saturated rings. The van der Waals surface area contributed by atoms with Crippen LogP contribution in [0, 0.1) is 10.1 Å². The van der Waals surface area contributed by atoms with Gasteiger partial charge in [-0.05, 0) is 18.2 Å². The van der Waals surface area contributed by atoms with Crippen molar-refractivity contribution in [2.24, 2.45) is 5.10 Å². The Labute approximate surface area is 135 Å². The number of fused-ring (bicyclic) bond motifs is 1. The van der Waals surface area contributed by atoms with E-state index in [2.05, 4.69) is 20.8 Å². The van der Waals surface area contributed by atoms with Crippen molar-refractivity contribution in [3.63, 3.8) is 0 Å². The minimum absolute atomic E-state index is 0.0608. The van der Waals surface area contributed by atoms with Crippen LogP contribution in [0.2, 0.25) is 0 Å².